The molecule has 2 rings (SSSR count). The molecule has 0 aliphatic rings. The Morgan fingerprint density at radius 2 is 2.24 bits per heavy atom. The third-order valence-corrected chi connectivity index (χ3v) is 2.54. The van der Waals surface area contributed by atoms with Gasteiger partial charge in [0.1, 0.15) is 11.4 Å². The molecule has 0 aliphatic heterocycles. The minimum atomic E-state index is -0.423. The van der Waals surface area contributed by atoms with E-state index in [4.69, 9.17) is 11.1 Å². The molecule has 17 heavy (non-hydrogen) atoms. The van der Waals surface area contributed by atoms with Crippen molar-refractivity contribution < 1.29 is 9.90 Å². The summed E-state index contributed by atoms with van der Waals surface area (Å²) < 4.78 is 0. The summed E-state index contributed by atoms with van der Waals surface area (Å²) in [4.78, 5) is 15.7. The quantitative estimate of drug-likeness (QED) is 0.432. The van der Waals surface area contributed by atoms with Gasteiger partial charge in [0, 0.05) is 18.0 Å². The van der Waals surface area contributed by atoms with E-state index in [0.717, 1.165) is 4.90 Å². The Kier molecular flexibility index (Phi) is 2.47. The molecule has 0 aliphatic carbocycles. The molecule has 2 aromatic rings. The van der Waals surface area contributed by atoms with E-state index in [0.29, 0.717) is 10.9 Å². The number of aromatic hydroxyl groups is 1. The molecule has 1 heterocycles. The molecule has 5 N–H and O–H groups in total. The number of nitrogens with zero attached hydrogens (tertiary/aromatic N) is 1. The van der Waals surface area contributed by atoms with E-state index in [-0.39, 0.29) is 17.4 Å². The highest BCUT2D eigenvalue weighted by molar-refractivity contribution is 6.06. The van der Waals surface area contributed by atoms with Gasteiger partial charge in [0.2, 0.25) is 0 Å². The summed E-state index contributed by atoms with van der Waals surface area (Å²) in [6.07, 6.45) is 0. The van der Waals surface area contributed by atoms with Crippen LogP contribution in [0.2, 0.25) is 0 Å². The summed E-state index contributed by atoms with van der Waals surface area (Å²) in [6, 6.07) is 6.50. The molecule has 0 fully saturated rings. The van der Waals surface area contributed by atoms with Crippen molar-refractivity contribution in [2.45, 2.75) is 0 Å². The van der Waals surface area contributed by atoms with Gasteiger partial charge in [0.05, 0.1) is 0 Å². The average Bonchev–Trinajstić information content (AvgIpc) is 2.72. The molecule has 0 atom stereocenters. The number of phenolic OH excluding ortho intramolecular Hbond substituents is 1. The van der Waals surface area contributed by atoms with Crippen LogP contribution in [0.4, 0.5) is 0 Å². The molecule has 0 radical (unpaired) electrons. The molecular weight excluding hydrogens is 220 g/mol. The minimum absolute atomic E-state index is 0.100. The molecule has 0 saturated heterocycles. The Bertz CT molecular complexity index is 603. The maximum atomic E-state index is 11.9. The van der Waals surface area contributed by atoms with E-state index in [1.807, 2.05) is 0 Å². The SMILES string of the molecule is CN(C(=N)N)C(=O)c1cc2c(O)cccc2[nH]1. The lowest BCUT2D eigenvalue weighted by molar-refractivity contribution is 0.0864. The van der Waals surface area contributed by atoms with Crippen molar-refractivity contribution in [2.24, 2.45) is 5.73 Å². The van der Waals surface area contributed by atoms with Crippen molar-refractivity contribution in [1.29, 1.82) is 5.41 Å². The summed E-state index contributed by atoms with van der Waals surface area (Å²) in [6.45, 7) is 0. The Hall–Kier alpha value is -2.50. The smallest absolute Gasteiger partial charge is 0.276 e. The number of hydrogen-bond acceptors (Lipinski definition) is 3. The molecule has 1 aromatic carbocycles. The molecule has 0 unspecified atom stereocenters. The largest absolute Gasteiger partial charge is 0.507 e. The van der Waals surface area contributed by atoms with E-state index < -0.39 is 5.91 Å². The molecule has 88 valence electrons. The zero-order valence-electron chi connectivity index (χ0n) is 9.19. The highest BCUT2D eigenvalue weighted by Crippen LogP contribution is 2.25. The molecule has 0 bridgehead atoms. The first-order chi connectivity index (χ1) is 8.00. The maximum absolute atomic E-state index is 11.9. The van der Waals surface area contributed by atoms with Crippen molar-refractivity contribution in [1.82, 2.24) is 9.88 Å². The predicted molar refractivity (Wildman–Crippen MR) is 64.0 cm³/mol. The van der Waals surface area contributed by atoms with Crippen LogP contribution in [0.3, 0.4) is 0 Å². The van der Waals surface area contributed by atoms with Gasteiger partial charge in [-0.15, -0.1) is 0 Å². The number of aromatic nitrogens is 1. The zero-order valence-corrected chi connectivity index (χ0v) is 9.19. The summed E-state index contributed by atoms with van der Waals surface area (Å²) in [5.74, 6) is -0.658. The van der Waals surface area contributed by atoms with Gasteiger partial charge in [-0.05, 0) is 18.2 Å². The summed E-state index contributed by atoms with van der Waals surface area (Å²) in [5.41, 5.74) is 6.16. The second-order valence-electron chi connectivity index (χ2n) is 3.67. The topological polar surface area (TPSA) is 106 Å². The number of H-pyrrole nitrogens is 1. The zero-order chi connectivity index (χ0) is 12.6. The lowest BCUT2D eigenvalue weighted by atomic mass is 10.2. The van der Waals surface area contributed by atoms with Crippen LogP contribution < -0.4 is 5.73 Å². The summed E-state index contributed by atoms with van der Waals surface area (Å²) in [7, 11) is 1.41. The second kappa shape index (κ2) is 3.82. The highest BCUT2D eigenvalue weighted by atomic mass is 16.3. The van der Waals surface area contributed by atoms with Gasteiger partial charge >= 0.3 is 0 Å². The fourth-order valence-corrected chi connectivity index (χ4v) is 1.54. The van der Waals surface area contributed by atoms with Crippen LogP contribution in [0.15, 0.2) is 24.3 Å². The third-order valence-electron chi connectivity index (χ3n) is 2.54. The van der Waals surface area contributed by atoms with E-state index in [1.54, 1.807) is 18.2 Å². The number of phenols is 1. The van der Waals surface area contributed by atoms with Gasteiger partial charge in [-0.3, -0.25) is 15.1 Å². The Balaban J connectivity index is 2.47. The fourth-order valence-electron chi connectivity index (χ4n) is 1.54. The normalized spacial score (nSPS) is 10.4. The lowest BCUT2D eigenvalue weighted by Gasteiger charge is -2.12. The standard InChI is InChI=1S/C11H12N4O2/c1-15(11(12)13)10(17)8-5-6-7(14-8)3-2-4-9(6)16/h2-5,14,16H,1H3,(H3,12,13). The van der Waals surface area contributed by atoms with Gasteiger partial charge < -0.3 is 15.8 Å². The average molecular weight is 232 g/mol. The van der Waals surface area contributed by atoms with E-state index >= 15 is 0 Å². The Morgan fingerprint density at radius 3 is 2.82 bits per heavy atom. The molecular formula is C11H12N4O2. The number of aromatic amines is 1. The van der Waals surface area contributed by atoms with Gasteiger partial charge in [0.15, 0.2) is 5.96 Å². The number of guanidine groups is 1. The van der Waals surface area contributed by atoms with Gasteiger partial charge in [0.25, 0.3) is 5.91 Å². The first kappa shape index (κ1) is 11.0. The van der Waals surface area contributed by atoms with Crippen molar-refractivity contribution in [2.75, 3.05) is 7.05 Å². The molecule has 1 aromatic heterocycles. The number of carbonyl (C=O) groups is 1. The van der Waals surface area contributed by atoms with Crippen LogP contribution in [-0.2, 0) is 0 Å². The number of rotatable bonds is 1. The third kappa shape index (κ3) is 1.80. The van der Waals surface area contributed by atoms with Gasteiger partial charge in [-0.1, -0.05) is 6.07 Å². The van der Waals surface area contributed by atoms with Gasteiger partial charge in [-0.25, -0.2) is 0 Å². The molecule has 0 saturated carbocycles. The Morgan fingerprint density at radius 1 is 1.53 bits per heavy atom. The number of hydrogen-bond donors (Lipinski definition) is 4. The molecule has 6 nitrogen and oxygen atoms in total. The maximum Gasteiger partial charge on any atom is 0.276 e. The summed E-state index contributed by atoms with van der Waals surface area (Å²) >= 11 is 0. The van der Waals surface area contributed by atoms with Crippen molar-refractivity contribution in [3.8, 4) is 5.75 Å². The second-order valence-corrected chi connectivity index (χ2v) is 3.67. The number of fused-ring (bicyclic) bond motifs is 1. The van der Waals surface area contributed by atoms with Crippen molar-refractivity contribution in [3.63, 3.8) is 0 Å². The molecule has 0 spiro atoms. The van der Waals surface area contributed by atoms with Gasteiger partial charge in [-0.2, -0.15) is 0 Å². The van der Waals surface area contributed by atoms with E-state index in [9.17, 15) is 9.90 Å². The lowest BCUT2D eigenvalue weighted by Crippen LogP contribution is -2.38. The van der Waals surface area contributed by atoms with Crippen LogP contribution >= 0.6 is 0 Å². The molecule has 6 heteroatoms. The molecule has 1 amide bonds. The minimum Gasteiger partial charge on any atom is -0.507 e. The number of benzene rings is 1. The van der Waals surface area contributed by atoms with Crippen molar-refractivity contribution in [3.05, 3.63) is 30.0 Å². The predicted octanol–water partition coefficient (Wildman–Crippen LogP) is 0.839. The van der Waals surface area contributed by atoms with Crippen LogP contribution in [0.25, 0.3) is 10.9 Å². The Labute approximate surface area is 97.2 Å². The summed E-state index contributed by atoms with van der Waals surface area (Å²) in [5, 5.41) is 17.3. The van der Waals surface area contributed by atoms with Crippen LogP contribution in [0, 0.1) is 5.41 Å². The van der Waals surface area contributed by atoms with Crippen LogP contribution in [0.1, 0.15) is 10.5 Å². The number of carbonyl (C=O) groups excluding carboxylic acids is 1. The number of amides is 1. The van der Waals surface area contributed by atoms with E-state index in [1.165, 1.54) is 13.1 Å². The highest BCUT2D eigenvalue weighted by Gasteiger charge is 2.16. The monoisotopic (exact) mass is 232 g/mol. The van der Waals surface area contributed by atoms with Crippen LogP contribution in [0.5, 0.6) is 5.75 Å². The van der Waals surface area contributed by atoms with Crippen LogP contribution in [-0.4, -0.2) is 33.9 Å². The van der Waals surface area contributed by atoms with Crippen molar-refractivity contribution >= 4 is 22.8 Å². The number of nitrogens with two attached hydrogens (primary N) is 1. The van der Waals surface area contributed by atoms with E-state index in [2.05, 4.69) is 4.98 Å². The number of nitrogens with one attached hydrogen (secondary N) is 2. The first-order valence-corrected chi connectivity index (χ1v) is 4.93. The fraction of sp³-hybridized carbons (Fsp3) is 0.0909. The first-order valence-electron chi connectivity index (χ1n) is 4.93.